The van der Waals surface area contributed by atoms with Gasteiger partial charge >= 0.3 is 0 Å². The van der Waals surface area contributed by atoms with Crippen LogP contribution in [0.4, 0.5) is 0 Å². The molecule has 0 fully saturated rings. The quantitative estimate of drug-likeness (QED) is 0.380. The van der Waals surface area contributed by atoms with Crippen molar-refractivity contribution in [3.05, 3.63) is 72.6 Å². The number of para-hydroxylation sites is 1. The van der Waals surface area contributed by atoms with Gasteiger partial charge in [-0.1, -0.05) is 54.6 Å². The fourth-order valence-corrected chi connectivity index (χ4v) is 3.09. The Morgan fingerprint density at radius 2 is 1.67 bits per heavy atom. The minimum atomic E-state index is 0.851. The average molecular weight is 272 g/mol. The summed E-state index contributed by atoms with van der Waals surface area (Å²) in [5.41, 5.74) is 4.58. The van der Waals surface area contributed by atoms with Crippen LogP contribution < -0.4 is 0 Å². The normalized spacial score (nSPS) is 11.5. The van der Waals surface area contributed by atoms with E-state index in [0.717, 1.165) is 17.6 Å². The molecule has 2 heterocycles. The van der Waals surface area contributed by atoms with E-state index in [4.69, 9.17) is 0 Å². The van der Waals surface area contributed by atoms with E-state index in [1.165, 1.54) is 27.4 Å². The summed E-state index contributed by atoms with van der Waals surface area (Å²) in [7, 11) is 0. The molecule has 0 saturated heterocycles. The summed E-state index contributed by atoms with van der Waals surface area (Å²) < 4.78 is 2.27. The van der Waals surface area contributed by atoms with E-state index in [1.54, 1.807) is 0 Å². The lowest BCUT2D eigenvalue weighted by Crippen LogP contribution is -1.97. The Morgan fingerprint density at radius 1 is 1.00 bits per heavy atom. The molecule has 2 aromatic carbocycles. The van der Waals surface area contributed by atoms with Gasteiger partial charge in [0.05, 0.1) is 5.52 Å². The van der Waals surface area contributed by atoms with Gasteiger partial charge in [-0.15, -0.1) is 0 Å². The van der Waals surface area contributed by atoms with E-state index < -0.39 is 0 Å². The third-order valence-corrected chi connectivity index (χ3v) is 3.92. The molecule has 4 rings (SSSR count). The molecule has 0 aliphatic rings. The Kier molecular flexibility index (Phi) is 2.58. The van der Waals surface area contributed by atoms with Gasteiger partial charge in [-0.2, -0.15) is 0 Å². The summed E-state index contributed by atoms with van der Waals surface area (Å²) in [6.07, 6.45) is 2.83. The Morgan fingerprint density at radius 3 is 2.43 bits per heavy atom. The molecule has 0 radical (unpaired) electrons. The summed E-state index contributed by atoms with van der Waals surface area (Å²) in [5, 5.41) is 3.72. The number of hydrogen-bond donors (Lipinski definition) is 0. The second-order valence-corrected chi connectivity index (χ2v) is 5.61. The summed E-state index contributed by atoms with van der Waals surface area (Å²) in [6, 6.07) is 17.0. The van der Waals surface area contributed by atoms with Crippen LogP contribution >= 0.6 is 0 Å². The first-order valence-corrected chi connectivity index (χ1v) is 7.16. The maximum atomic E-state index is 4.67. The van der Waals surface area contributed by atoms with Gasteiger partial charge in [0.2, 0.25) is 0 Å². The van der Waals surface area contributed by atoms with Crippen LogP contribution in [0.5, 0.6) is 0 Å². The summed E-state index contributed by atoms with van der Waals surface area (Å²) in [4.78, 5) is 4.67. The van der Waals surface area contributed by atoms with E-state index >= 15 is 0 Å². The van der Waals surface area contributed by atoms with Crippen molar-refractivity contribution in [3.8, 4) is 0 Å². The molecule has 0 aliphatic heterocycles. The Balaban J connectivity index is 2.26. The van der Waals surface area contributed by atoms with Crippen molar-refractivity contribution in [1.29, 1.82) is 0 Å². The van der Waals surface area contributed by atoms with Gasteiger partial charge in [0.25, 0.3) is 0 Å². The zero-order valence-electron chi connectivity index (χ0n) is 12.0. The monoisotopic (exact) mass is 272 g/mol. The van der Waals surface area contributed by atoms with Gasteiger partial charge in [0, 0.05) is 29.1 Å². The molecule has 0 saturated carbocycles. The zero-order chi connectivity index (χ0) is 14.4. The number of rotatable bonds is 2. The largest absolute Gasteiger partial charge is 0.296 e. The van der Waals surface area contributed by atoms with Gasteiger partial charge in [-0.05, 0) is 18.4 Å². The Bertz CT molecular complexity index is 992. The molecular formula is C19H16N2. The van der Waals surface area contributed by atoms with Gasteiger partial charge in [0.1, 0.15) is 5.65 Å². The zero-order valence-corrected chi connectivity index (χ0v) is 12.0. The van der Waals surface area contributed by atoms with Crippen molar-refractivity contribution in [3.63, 3.8) is 0 Å². The third kappa shape index (κ3) is 1.76. The van der Waals surface area contributed by atoms with Crippen molar-refractivity contribution in [2.75, 3.05) is 0 Å². The maximum absolute atomic E-state index is 4.67. The molecule has 4 aromatic rings. The molecule has 0 N–H and O–H groups in total. The molecule has 0 unspecified atom stereocenters. The number of nitrogens with zero attached hydrogens (tertiary/aromatic N) is 2. The van der Waals surface area contributed by atoms with Crippen LogP contribution in [0, 0.1) is 0 Å². The highest BCUT2D eigenvalue weighted by Crippen LogP contribution is 2.30. The first-order chi connectivity index (χ1) is 10.3. The van der Waals surface area contributed by atoms with Gasteiger partial charge < -0.3 is 0 Å². The molecule has 0 aliphatic carbocycles. The number of allylic oxidation sites excluding steroid dienone is 1. The number of fused-ring (bicyclic) bond motifs is 6. The van der Waals surface area contributed by atoms with Gasteiger partial charge in [-0.3, -0.25) is 4.40 Å². The van der Waals surface area contributed by atoms with E-state index in [1.807, 2.05) is 6.20 Å². The maximum Gasteiger partial charge on any atom is 0.145 e. The third-order valence-electron chi connectivity index (χ3n) is 3.92. The molecule has 2 heteroatoms. The fourth-order valence-electron chi connectivity index (χ4n) is 3.09. The lowest BCUT2D eigenvalue weighted by Gasteiger charge is -2.10. The lowest BCUT2D eigenvalue weighted by atomic mass is 10.1. The van der Waals surface area contributed by atoms with E-state index in [0.29, 0.717) is 0 Å². The topological polar surface area (TPSA) is 17.3 Å². The van der Waals surface area contributed by atoms with Crippen LogP contribution in [0.25, 0.3) is 27.3 Å². The first-order valence-electron chi connectivity index (χ1n) is 7.16. The minimum Gasteiger partial charge on any atom is -0.296 e. The summed E-state index contributed by atoms with van der Waals surface area (Å²) >= 11 is 0. The molecule has 0 bridgehead atoms. The van der Waals surface area contributed by atoms with Crippen LogP contribution in [0.3, 0.4) is 0 Å². The molecular weight excluding hydrogens is 256 g/mol. The molecule has 2 nitrogen and oxygen atoms in total. The predicted molar refractivity (Wildman–Crippen MR) is 88.7 cm³/mol. The van der Waals surface area contributed by atoms with Crippen molar-refractivity contribution in [2.45, 2.75) is 13.3 Å². The highest BCUT2D eigenvalue weighted by Gasteiger charge is 2.12. The van der Waals surface area contributed by atoms with Crippen molar-refractivity contribution >= 4 is 27.3 Å². The number of pyridine rings is 1. The number of imidazole rings is 1. The average Bonchev–Trinajstić information content (AvgIpc) is 2.91. The van der Waals surface area contributed by atoms with Crippen LogP contribution in [0.15, 0.2) is 66.9 Å². The van der Waals surface area contributed by atoms with Crippen LogP contribution in [0.2, 0.25) is 0 Å². The molecule has 0 spiro atoms. The Labute approximate surface area is 123 Å². The van der Waals surface area contributed by atoms with E-state index in [9.17, 15) is 0 Å². The van der Waals surface area contributed by atoms with Gasteiger partial charge in [0.15, 0.2) is 0 Å². The van der Waals surface area contributed by atoms with Crippen LogP contribution in [-0.2, 0) is 6.42 Å². The van der Waals surface area contributed by atoms with Crippen LogP contribution in [-0.4, -0.2) is 9.38 Å². The molecule has 0 amide bonds. The van der Waals surface area contributed by atoms with E-state index in [2.05, 4.69) is 71.4 Å². The number of benzene rings is 2. The summed E-state index contributed by atoms with van der Waals surface area (Å²) in [5.74, 6) is 0. The summed E-state index contributed by atoms with van der Waals surface area (Å²) in [6.45, 7) is 6.10. The highest BCUT2D eigenvalue weighted by molar-refractivity contribution is 6.11. The van der Waals surface area contributed by atoms with Crippen molar-refractivity contribution < 1.29 is 0 Å². The van der Waals surface area contributed by atoms with Crippen LogP contribution in [0.1, 0.15) is 12.6 Å². The van der Waals surface area contributed by atoms with Crippen molar-refractivity contribution in [2.24, 2.45) is 0 Å². The standard InChI is InChI=1S/C19H16N2/c1-13(2)11-14-12-20-19-17-9-4-3-7-15(17)16-8-5-6-10-18(16)21(14)19/h3-10,12H,1,11H2,2H3. The molecule has 102 valence electrons. The van der Waals surface area contributed by atoms with Gasteiger partial charge in [-0.25, -0.2) is 4.98 Å². The first kappa shape index (κ1) is 12.2. The fraction of sp³-hybridized carbons (Fsp3) is 0.105. The molecule has 2 aromatic heterocycles. The highest BCUT2D eigenvalue weighted by atomic mass is 15.0. The Hall–Kier alpha value is -2.61. The number of hydrogen-bond acceptors (Lipinski definition) is 1. The van der Waals surface area contributed by atoms with E-state index in [-0.39, 0.29) is 0 Å². The second kappa shape index (κ2) is 4.45. The molecule has 0 atom stereocenters. The predicted octanol–water partition coefficient (Wildman–Crippen LogP) is 4.76. The lowest BCUT2D eigenvalue weighted by molar-refractivity contribution is 1.04. The minimum absolute atomic E-state index is 0.851. The number of aromatic nitrogens is 2. The second-order valence-electron chi connectivity index (χ2n) is 5.61. The molecule has 21 heavy (non-hydrogen) atoms. The SMILES string of the molecule is C=C(C)Cc1cnc2c3ccccc3c3ccccc3n12. The smallest absolute Gasteiger partial charge is 0.145 e. The van der Waals surface area contributed by atoms with Crippen molar-refractivity contribution in [1.82, 2.24) is 9.38 Å².